The molecule has 3 unspecified atom stereocenters. The first-order valence-corrected chi connectivity index (χ1v) is 8.81. The summed E-state index contributed by atoms with van der Waals surface area (Å²) in [5, 5.41) is 9.36. The van der Waals surface area contributed by atoms with Crippen LogP contribution in [0.2, 0.25) is 0 Å². The lowest BCUT2D eigenvalue weighted by atomic mass is 9.94. The average Bonchev–Trinajstić information content (AvgIpc) is 2.55. The molecule has 1 aliphatic heterocycles. The summed E-state index contributed by atoms with van der Waals surface area (Å²) in [6.45, 7) is 7.88. The number of rotatable bonds is 6. The Balaban J connectivity index is 0.00000312. The lowest BCUT2D eigenvalue weighted by molar-refractivity contribution is -0.130. The van der Waals surface area contributed by atoms with Gasteiger partial charge in [-0.05, 0) is 36.9 Å². The molecule has 1 aromatic carbocycles. The van der Waals surface area contributed by atoms with Crippen LogP contribution in [0.15, 0.2) is 30.3 Å². The number of amides is 2. The molecule has 3 atom stereocenters. The van der Waals surface area contributed by atoms with Crippen molar-refractivity contribution in [3.63, 3.8) is 0 Å². The van der Waals surface area contributed by atoms with Gasteiger partial charge in [-0.15, -0.1) is 12.4 Å². The number of carbonyl (C=O) groups is 2. The minimum absolute atomic E-state index is 0. The molecule has 0 radical (unpaired) electrons. The highest BCUT2D eigenvalue weighted by Gasteiger charge is 2.29. The van der Waals surface area contributed by atoms with Crippen molar-refractivity contribution < 1.29 is 9.59 Å². The molecule has 2 rings (SSSR count). The van der Waals surface area contributed by atoms with Crippen LogP contribution in [0, 0.1) is 11.8 Å². The molecule has 1 aromatic rings. The molecule has 1 heterocycles. The first kappa shape index (κ1) is 21.5. The van der Waals surface area contributed by atoms with Gasteiger partial charge in [-0.25, -0.2) is 0 Å². The second-order valence-electron chi connectivity index (χ2n) is 7.04. The largest absolute Gasteiger partial charge is 0.351 e. The van der Waals surface area contributed by atoms with E-state index in [0.29, 0.717) is 12.3 Å². The SMILES string of the molecule is CC(C)C(NC(=O)Cc1ccccc1)C(=O)NC1CCNCC1C.Cl. The first-order valence-electron chi connectivity index (χ1n) is 8.81. The maximum Gasteiger partial charge on any atom is 0.243 e. The highest BCUT2D eigenvalue weighted by molar-refractivity contribution is 5.88. The third-order valence-corrected chi connectivity index (χ3v) is 4.59. The Hall–Kier alpha value is -1.59. The molecule has 0 spiro atoms. The molecule has 2 amide bonds. The van der Waals surface area contributed by atoms with Crippen molar-refractivity contribution in [1.82, 2.24) is 16.0 Å². The maximum atomic E-state index is 12.6. The van der Waals surface area contributed by atoms with Crippen LogP contribution in [0.4, 0.5) is 0 Å². The summed E-state index contributed by atoms with van der Waals surface area (Å²) in [6, 6.07) is 9.25. The summed E-state index contributed by atoms with van der Waals surface area (Å²) >= 11 is 0. The predicted octanol–water partition coefficient (Wildman–Crippen LogP) is 1.91. The van der Waals surface area contributed by atoms with E-state index in [1.165, 1.54) is 0 Å². The minimum atomic E-state index is -0.497. The number of nitrogens with one attached hydrogen (secondary N) is 3. The van der Waals surface area contributed by atoms with Gasteiger partial charge in [-0.1, -0.05) is 51.1 Å². The topological polar surface area (TPSA) is 70.2 Å². The fourth-order valence-electron chi connectivity index (χ4n) is 3.04. The van der Waals surface area contributed by atoms with Crippen molar-refractivity contribution in [2.75, 3.05) is 13.1 Å². The second kappa shape index (κ2) is 10.4. The van der Waals surface area contributed by atoms with E-state index in [1.54, 1.807) is 0 Å². The number of benzene rings is 1. The van der Waals surface area contributed by atoms with Crippen LogP contribution in [0.25, 0.3) is 0 Å². The van der Waals surface area contributed by atoms with E-state index in [-0.39, 0.29) is 36.2 Å². The van der Waals surface area contributed by atoms with E-state index in [2.05, 4.69) is 22.9 Å². The molecule has 6 heteroatoms. The molecule has 1 aliphatic rings. The molecule has 0 aromatic heterocycles. The molecule has 25 heavy (non-hydrogen) atoms. The molecule has 3 N–H and O–H groups in total. The van der Waals surface area contributed by atoms with Crippen molar-refractivity contribution in [3.05, 3.63) is 35.9 Å². The summed E-state index contributed by atoms with van der Waals surface area (Å²) < 4.78 is 0. The maximum absolute atomic E-state index is 12.6. The minimum Gasteiger partial charge on any atom is -0.351 e. The Morgan fingerprint density at radius 1 is 1.24 bits per heavy atom. The molecule has 1 fully saturated rings. The van der Waals surface area contributed by atoms with Gasteiger partial charge in [-0.2, -0.15) is 0 Å². The second-order valence-corrected chi connectivity index (χ2v) is 7.04. The van der Waals surface area contributed by atoms with Crippen LogP contribution in [-0.2, 0) is 16.0 Å². The van der Waals surface area contributed by atoms with Crippen LogP contribution in [0.3, 0.4) is 0 Å². The van der Waals surface area contributed by atoms with Crippen LogP contribution >= 0.6 is 12.4 Å². The Kier molecular flexibility index (Phi) is 8.93. The van der Waals surface area contributed by atoms with Gasteiger partial charge >= 0.3 is 0 Å². The molecule has 140 valence electrons. The number of carbonyl (C=O) groups excluding carboxylic acids is 2. The van der Waals surface area contributed by atoms with E-state index in [9.17, 15) is 9.59 Å². The van der Waals surface area contributed by atoms with Crippen LogP contribution in [0.5, 0.6) is 0 Å². The average molecular weight is 368 g/mol. The highest BCUT2D eigenvalue weighted by Crippen LogP contribution is 2.12. The molecule has 1 saturated heterocycles. The predicted molar refractivity (Wildman–Crippen MR) is 103 cm³/mol. The third kappa shape index (κ3) is 6.67. The van der Waals surface area contributed by atoms with Gasteiger partial charge in [0.2, 0.25) is 11.8 Å². The Morgan fingerprint density at radius 2 is 1.92 bits per heavy atom. The molecule has 0 saturated carbocycles. The van der Waals surface area contributed by atoms with Crippen molar-refractivity contribution in [2.45, 2.75) is 45.7 Å². The van der Waals surface area contributed by atoms with Crippen molar-refractivity contribution >= 4 is 24.2 Å². The standard InChI is InChI=1S/C19H29N3O2.ClH/c1-13(2)18(19(24)21-16-9-10-20-12-14(16)3)22-17(23)11-15-7-5-4-6-8-15;/h4-8,13-14,16,18,20H,9-12H2,1-3H3,(H,21,24)(H,22,23);1H. The monoisotopic (exact) mass is 367 g/mol. The molecular formula is C19H30ClN3O2. The van der Waals surface area contributed by atoms with Crippen LogP contribution in [-0.4, -0.2) is 37.0 Å². The zero-order chi connectivity index (χ0) is 17.5. The smallest absolute Gasteiger partial charge is 0.243 e. The summed E-state index contributed by atoms with van der Waals surface area (Å²) in [6.07, 6.45) is 1.22. The van der Waals surface area contributed by atoms with Crippen LogP contribution in [0.1, 0.15) is 32.8 Å². The van der Waals surface area contributed by atoms with Gasteiger partial charge in [0.1, 0.15) is 6.04 Å². The van der Waals surface area contributed by atoms with Crippen LogP contribution < -0.4 is 16.0 Å². The molecule has 0 bridgehead atoms. The zero-order valence-electron chi connectivity index (χ0n) is 15.2. The summed E-state index contributed by atoms with van der Waals surface area (Å²) in [5.74, 6) is 0.246. The van der Waals surface area contributed by atoms with E-state index >= 15 is 0 Å². The van der Waals surface area contributed by atoms with Gasteiger partial charge in [0.25, 0.3) is 0 Å². The fourth-order valence-corrected chi connectivity index (χ4v) is 3.04. The van der Waals surface area contributed by atoms with Gasteiger partial charge in [-0.3, -0.25) is 9.59 Å². The fraction of sp³-hybridized carbons (Fsp3) is 0.579. The Morgan fingerprint density at radius 3 is 2.52 bits per heavy atom. The number of halogens is 1. The zero-order valence-corrected chi connectivity index (χ0v) is 16.1. The first-order chi connectivity index (χ1) is 11.5. The van der Waals surface area contributed by atoms with Crippen molar-refractivity contribution in [3.8, 4) is 0 Å². The van der Waals surface area contributed by atoms with E-state index in [0.717, 1.165) is 25.1 Å². The molecule has 0 aliphatic carbocycles. The van der Waals surface area contributed by atoms with E-state index in [4.69, 9.17) is 0 Å². The van der Waals surface area contributed by atoms with E-state index in [1.807, 2.05) is 44.2 Å². The Labute approximate surface area is 156 Å². The lowest BCUT2D eigenvalue weighted by Crippen LogP contribution is -2.56. The van der Waals surface area contributed by atoms with Gasteiger partial charge in [0, 0.05) is 6.04 Å². The number of hydrogen-bond donors (Lipinski definition) is 3. The summed E-state index contributed by atoms with van der Waals surface area (Å²) in [7, 11) is 0. The van der Waals surface area contributed by atoms with Gasteiger partial charge < -0.3 is 16.0 Å². The quantitative estimate of drug-likeness (QED) is 0.719. The number of hydrogen-bond acceptors (Lipinski definition) is 3. The molecule has 5 nitrogen and oxygen atoms in total. The highest BCUT2D eigenvalue weighted by atomic mass is 35.5. The van der Waals surface area contributed by atoms with Gasteiger partial charge in [0.05, 0.1) is 6.42 Å². The van der Waals surface area contributed by atoms with Gasteiger partial charge in [0.15, 0.2) is 0 Å². The normalized spacial score (nSPS) is 21.1. The van der Waals surface area contributed by atoms with Crippen molar-refractivity contribution in [2.24, 2.45) is 11.8 Å². The Bertz CT molecular complexity index is 551. The summed E-state index contributed by atoms with van der Waals surface area (Å²) in [4.78, 5) is 24.9. The third-order valence-electron chi connectivity index (χ3n) is 4.59. The summed E-state index contributed by atoms with van der Waals surface area (Å²) in [5.41, 5.74) is 0.949. The number of piperidine rings is 1. The lowest BCUT2D eigenvalue weighted by Gasteiger charge is -2.32. The van der Waals surface area contributed by atoms with E-state index < -0.39 is 6.04 Å². The molecular weight excluding hydrogens is 338 g/mol. The van der Waals surface area contributed by atoms with Crippen molar-refractivity contribution in [1.29, 1.82) is 0 Å².